The molecule has 0 bridgehead atoms. The van der Waals surface area contributed by atoms with Crippen molar-refractivity contribution in [2.24, 2.45) is 0 Å². The third kappa shape index (κ3) is 7.57. The number of carbonyl (C=O) groups excluding carboxylic acids is 1. The Morgan fingerprint density at radius 2 is 1.84 bits per heavy atom. The van der Waals surface area contributed by atoms with Gasteiger partial charge in [0.1, 0.15) is 17.9 Å². The van der Waals surface area contributed by atoms with E-state index >= 15 is 4.39 Å². The molecule has 43 heavy (non-hydrogen) atoms. The molecule has 0 aliphatic carbocycles. The summed E-state index contributed by atoms with van der Waals surface area (Å²) in [6.45, 7) is 8.48. The summed E-state index contributed by atoms with van der Waals surface area (Å²) in [5.74, 6) is -1.15. The predicted octanol–water partition coefficient (Wildman–Crippen LogP) is 4.07. The number of likely N-dealkylation sites (N-methyl/N-ethyl adjacent to an activating group) is 1. The number of carbonyl (C=O) groups is 2. The van der Waals surface area contributed by atoms with Crippen molar-refractivity contribution in [3.63, 3.8) is 0 Å². The topological polar surface area (TPSA) is 136 Å². The molecular weight excluding hydrogens is 555 g/mol. The standard InChI is InChI=1S/C31H39FN6O5/c1-4-36(5-2)18-26(39)37(17-21-11-9-14-24(28(21)32)43-20-27(40)41)15-10-16-38-25(19-42-6-3)35-29-30(38)22-12-7-8-13-23(22)34-31(29)33/h7-9,11-14H,4-6,10,15-20H2,1-3H3,(H2,33,34)(H,40,41). The van der Waals surface area contributed by atoms with E-state index < -0.39 is 18.4 Å². The molecule has 11 nitrogen and oxygen atoms in total. The number of rotatable bonds is 16. The average molecular weight is 595 g/mol. The molecule has 0 unspecified atom stereocenters. The van der Waals surface area contributed by atoms with E-state index in [0.29, 0.717) is 56.4 Å². The quantitative estimate of drug-likeness (QED) is 0.197. The van der Waals surface area contributed by atoms with Gasteiger partial charge in [-0.1, -0.05) is 44.2 Å². The molecular formula is C31H39FN6O5. The van der Waals surface area contributed by atoms with Gasteiger partial charge in [-0.3, -0.25) is 9.69 Å². The molecule has 0 atom stereocenters. The van der Waals surface area contributed by atoms with Gasteiger partial charge >= 0.3 is 5.97 Å². The molecule has 0 spiro atoms. The number of hydrogen-bond donors (Lipinski definition) is 2. The highest BCUT2D eigenvalue weighted by atomic mass is 19.1. The van der Waals surface area contributed by atoms with E-state index in [4.69, 9.17) is 25.3 Å². The van der Waals surface area contributed by atoms with Crippen LogP contribution in [0.5, 0.6) is 5.75 Å². The number of nitrogens with zero attached hydrogens (tertiary/aromatic N) is 5. The molecule has 0 saturated heterocycles. The minimum absolute atomic E-state index is 0.00643. The number of pyridine rings is 1. The molecule has 0 aliphatic heterocycles. The first kappa shape index (κ1) is 31.6. The molecule has 0 aliphatic rings. The molecule has 2 aromatic heterocycles. The summed E-state index contributed by atoms with van der Waals surface area (Å²) in [7, 11) is 0. The van der Waals surface area contributed by atoms with Crippen molar-refractivity contribution in [2.75, 3.05) is 45.1 Å². The van der Waals surface area contributed by atoms with Gasteiger partial charge < -0.3 is 29.8 Å². The Morgan fingerprint density at radius 3 is 2.56 bits per heavy atom. The lowest BCUT2D eigenvalue weighted by Gasteiger charge is -2.27. The third-order valence-electron chi connectivity index (χ3n) is 7.30. The normalized spacial score (nSPS) is 11.5. The zero-order valence-electron chi connectivity index (χ0n) is 24.9. The summed E-state index contributed by atoms with van der Waals surface area (Å²) in [6, 6.07) is 12.3. The van der Waals surface area contributed by atoms with Crippen molar-refractivity contribution >= 4 is 39.6 Å². The van der Waals surface area contributed by atoms with Gasteiger partial charge in [0, 0.05) is 37.2 Å². The highest BCUT2D eigenvalue weighted by Crippen LogP contribution is 2.29. The van der Waals surface area contributed by atoms with Crippen LogP contribution in [0.15, 0.2) is 42.5 Å². The van der Waals surface area contributed by atoms with E-state index in [-0.39, 0.29) is 36.9 Å². The van der Waals surface area contributed by atoms with E-state index in [2.05, 4.69) is 9.55 Å². The number of anilines is 1. The Bertz CT molecular complexity index is 1570. The average Bonchev–Trinajstić information content (AvgIpc) is 3.37. The highest BCUT2D eigenvalue weighted by Gasteiger charge is 2.21. The van der Waals surface area contributed by atoms with Gasteiger partial charge in [0.2, 0.25) is 5.91 Å². The van der Waals surface area contributed by atoms with Crippen molar-refractivity contribution in [3.8, 4) is 5.75 Å². The van der Waals surface area contributed by atoms with Crippen LogP contribution >= 0.6 is 0 Å². The Hall–Kier alpha value is -4.29. The number of fused-ring (bicyclic) bond motifs is 3. The van der Waals surface area contributed by atoms with Gasteiger partial charge in [-0.05, 0) is 38.6 Å². The van der Waals surface area contributed by atoms with E-state index in [0.717, 1.165) is 16.4 Å². The molecule has 0 fully saturated rings. The summed E-state index contributed by atoms with van der Waals surface area (Å²) in [6.07, 6.45) is 0.544. The van der Waals surface area contributed by atoms with Gasteiger partial charge in [0.15, 0.2) is 24.0 Å². The van der Waals surface area contributed by atoms with E-state index in [1.165, 1.54) is 6.07 Å². The molecule has 0 saturated carbocycles. The first-order chi connectivity index (χ1) is 20.8. The van der Waals surface area contributed by atoms with Crippen molar-refractivity contribution in [1.29, 1.82) is 0 Å². The van der Waals surface area contributed by atoms with Crippen LogP contribution in [0.1, 0.15) is 38.6 Å². The number of aromatic nitrogens is 3. The van der Waals surface area contributed by atoms with Crippen LogP contribution in [0.4, 0.5) is 10.2 Å². The number of aliphatic carboxylic acids is 1. The second-order valence-corrected chi connectivity index (χ2v) is 10.1. The summed E-state index contributed by atoms with van der Waals surface area (Å²) in [4.78, 5) is 37.4. The van der Waals surface area contributed by atoms with Crippen molar-refractivity contribution in [2.45, 2.75) is 46.9 Å². The third-order valence-corrected chi connectivity index (χ3v) is 7.30. The zero-order chi connectivity index (χ0) is 30.9. The number of imidazole rings is 1. The molecule has 12 heteroatoms. The molecule has 3 N–H and O–H groups in total. The van der Waals surface area contributed by atoms with Crippen LogP contribution in [0.2, 0.25) is 0 Å². The molecule has 230 valence electrons. The lowest BCUT2D eigenvalue weighted by molar-refractivity contribution is -0.139. The number of para-hydroxylation sites is 1. The van der Waals surface area contributed by atoms with Gasteiger partial charge in [-0.2, -0.15) is 0 Å². The summed E-state index contributed by atoms with van der Waals surface area (Å²) >= 11 is 0. The predicted molar refractivity (Wildman–Crippen MR) is 162 cm³/mol. The second kappa shape index (κ2) is 14.7. The maximum Gasteiger partial charge on any atom is 0.341 e. The second-order valence-electron chi connectivity index (χ2n) is 10.1. The molecule has 4 rings (SSSR count). The Balaban J connectivity index is 1.62. The molecule has 2 aromatic carbocycles. The molecule has 4 aromatic rings. The van der Waals surface area contributed by atoms with E-state index in [1.807, 2.05) is 49.9 Å². The van der Waals surface area contributed by atoms with Crippen LogP contribution in [-0.2, 0) is 34.0 Å². The molecule has 1 amide bonds. The fraction of sp³-hybridized carbons (Fsp3) is 0.419. The summed E-state index contributed by atoms with van der Waals surface area (Å²) in [5.41, 5.74) is 8.76. The SMILES string of the molecule is CCOCc1nc2c(N)nc3ccccc3c2n1CCCN(Cc1cccc(OCC(=O)O)c1F)C(=O)CN(CC)CC. The van der Waals surface area contributed by atoms with Crippen LogP contribution < -0.4 is 10.5 Å². The van der Waals surface area contributed by atoms with Gasteiger partial charge in [0.25, 0.3) is 0 Å². The van der Waals surface area contributed by atoms with Gasteiger partial charge in [-0.25, -0.2) is 19.2 Å². The Kier molecular flexibility index (Phi) is 10.8. The maximum atomic E-state index is 15.3. The van der Waals surface area contributed by atoms with Crippen LogP contribution in [0.25, 0.3) is 21.9 Å². The number of amides is 1. The highest BCUT2D eigenvalue weighted by molar-refractivity contribution is 6.06. The minimum Gasteiger partial charge on any atom is -0.479 e. The number of hydrogen-bond acceptors (Lipinski definition) is 8. The fourth-order valence-electron chi connectivity index (χ4n) is 5.03. The van der Waals surface area contributed by atoms with Crippen molar-refractivity contribution in [3.05, 3.63) is 59.7 Å². The lowest BCUT2D eigenvalue weighted by Crippen LogP contribution is -2.40. The number of carboxylic acids is 1. The largest absolute Gasteiger partial charge is 0.479 e. The van der Waals surface area contributed by atoms with Gasteiger partial charge in [0.05, 0.1) is 17.6 Å². The van der Waals surface area contributed by atoms with Crippen molar-refractivity contribution in [1.82, 2.24) is 24.3 Å². The zero-order valence-corrected chi connectivity index (χ0v) is 24.9. The Labute approximate surface area is 250 Å². The number of benzene rings is 2. The van der Waals surface area contributed by atoms with Crippen LogP contribution in [-0.4, -0.2) is 80.7 Å². The fourth-order valence-corrected chi connectivity index (χ4v) is 5.03. The summed E-state index contributed by atoms with van der Waals surface area (Å²) in [5, 5.41) is 9.85. The smallest absolute Gasteiger partial charge is 0.341 e. The van der Waals surface area contributed by atoms with E-state index in [1.54, 1.807) is 17.0 Å². The lowest BCUT2D eigenvalue weighted by atomic mass is 10.1. The van der Waals surface area contributed by atoms with Crippen LogP contribution in [0, 0.1) is 5.82 Å². The number of ether oxygens (including phenoxy) is 2. The maximum absolute atomic E-state index is 15.3. The number of nitrogens with two attached hydrogens (primary N) is 1. The first-order valence-corrected chi connectivity index (χ1v) is 14.5. The molecule has 0 radical (unpaired) electrons. The number of carboxylic acid groups (broad SMARTS) is 1. The monoisotopic (exact) mass is 594 g/mol. The Morgan fingerprint density at radius 1 is 1.07 bits per heavy atom. The number of halogens is 1. The van der Waals surface area contributed by atoms with E-state index in [9.17, 15) is 9.59 Å². The van der Waals surface area contributed by atoms with Crippen molar-refractivity contribution < 1.29 is 28.6 Å². The molecule has 2 heterocycles. The van der Waals surface area contributed by atoms with Gasteiger partial charge in [-0.15, -0.1) is 0 Å². The number of aryl methyl sites for hydroxylation is 1. The van der Waals surface area contributed by atoms with Crippen LogP contribution in [0.3, 0.4) is 0 Å². The minimum atomic E-state index is -1.21. The first-order valence-electron chi connectivity index (χ1n) is 14.5. The number of nitrogen functional groups attached to an aromatic ring is 1. The summed E-state index contributed by atoms with van der Waals surface area (Å²) < 4.78 is 28.2.